The number of nitrogens with one attached hydrogen (secondary N) is 1. The van der Waals surface area contributed by atoms with Gasteiger partial charge in [-0.3, -0.25) is 0 Å². The number of imidazole rings is 1. The molecular formula is C20H26N6S. The molecule has 6 nitrogen and oxygen atoms in total. The summed E-state index contributed by atoms with van der Waals surface area (Å²) in [5.74, 6) is 1.51. The van der Waals surface area contributed by atoms with E-state index in [-0.39, 0.29) is 0 Å². The van der Waals surface area contributed by atoms with Gasteiger partial charge in [0, 0.05) is 16.5 Å². The summed E-state index contributed by atoms with van der Waals surface area (Å²) in [7, 11) is 0. The highest BCUT2D eigenvalue weighted by Crippen LogP contribution is 2.34. The van der Waals surface area contributed by atoms with Crippen LogP contribution in [0.4, 0.5) is 0 Å². The number of fused-ring (bicyclic) bond motifs is 2. The van der Waals surface area contributed by atoms with Crippen molar-refractivity contribution in [2.75, 3.05) is 13.1 Å². The molecule has 5 heterocycles. The van der Waals surface area contributed by atoms with Crippen LogP contribution in [0.15, 0.2) is 24.5 Å². The third-order valence-electron chi connectivity index (χ3n) is 4.91. The first-order valence-electron chi connectivity index (χ1n) is 9.71. The van der Waals surface area contributed by atoms with Gasteiger partial charge in [-0.05, 0) is 63.4 Å². The summed E-state index contributed by atoms with van der Waals surface area (Å²) in [5, 5.41) is 14.1. The summed E-state index contributed by atoms with van der Waals surface area (Å²) < 4.78 is 3.73. The van der Waals surface area contributed by atoms with Gasteiger partial charge in [-0.25, -0.2) is 14.2 Å². The van der Waals surface area contributed by atoms with Crippen LogP contribution in [0.25, 0.3) is 21.7 Å². The van der Waals surface area contributed by atoms with Crippen LogP contribution in [-0.2, 0) is 0 Å². The van der Waals surface area contributed by atoms with Gasteiger partial charge in [-0.1, -0.05) is 13.8 Å². The van der Waals surface area contributed by atoms with Crippen molar-refractivity contribution < 1.29 is 0 Å². The fourth-order valence-corrected chi connectivity index (χ4v) is 4.78. The van der Waals surface area contributed by atoms with Crippen molar-refractivity contribution in [3.8, 4) is 5.82 Å². The standard InChI is InChI=1S/C18H20N6S.C2H6/c1-11-7-16(21-24-9-12(2)20-17(11)24)23-10-14-8-15(25-18(14)22-23)13-3-5-19-6-4-13;1-2/h7-10,13,19H,3-6H2,1-2H3;1-2H3. The molecule has 0 bridgehead atoms. The van der Waals surface area contributed by atoms with Crippen LogP contribution in [0.2, 0.25) is 0 Å². The third kappa shape index (κ3) is 3.37. The van der Waals surface area contributed by atoms with Crippen LogP contribution < -0.4 is 5.32 Å². The molecule has 1 N–H and O–H groups in total. The Hall–Kier alpha value is -2.25. The summed E-state index contributed by atoms with van der Waals surface area (Å²) >= 11 is 1.82. The number of thiophene rings is 1. The quantitative estimate of drug-likeness (QED) is 0.563. The van der Waals surface area contributed by atoms with Gasteiger partial charge >= 0.3 is 0 Å². The fourth-order valence-electron chi connectivity index (χ4n) is 3.61. The van der Waals surface area contributed by atoms with Crippen LogP contribution in [0.5, 0.6) is 0 Å². The first-order chi connectivity index (χ1) is 13.2. The lowest BCUT2D eigenvalue weighted by molar-refractivity contribution is 0.465. The average Bonchev–Trinajstić information content (AvgIpc) is 3.36. The summed E-state index contributed by atoms with van der Waals surface area (Å²) in [6.45, 7) is 10.3. The maximum atomic E-state index is 4.78. The van der Waals surface area contributed by atoms with Crippen molar-refractivity contribution in [3.05, 3.63) is 40.7 Å². The Morgan fingerprint density at radius 2 is 1.85 bits per heavy atom. The van der Waals surface area contributed by atoms with Gasteiger partial charge in [0.25, 0.3) is 0 Å². The fraction of sp³-hybridized carbons (Fsp3) is 0.450. The normalized spacial score (nSPS) is 15.3. The largest absolute Gasteiger partial charge is 0.317 e. The average molecular weight is 383 g/mol. The number of piperidine rings is 1. The van der Waals surface area contributed by atoms with E-state index in [1.165, 1.54) is 23.1 Å². The van der Waals surface area contributed by atoms with Crippen LogP contribution in [0, 0.1) is 13.8 Å². The zero-order chi connectivity index (χ0) is 19.0. The van der Waals surface area contributed by atoms with Crippen LogP contribution in [0.3, 0.4) is 0 Å². The number of aryl methyl sites for hydroxylation is 2. The minimum Gasteiger partial charge on any atom is -0.317 e. The zero-order valence-electron chi connectivity index (χ0n) is 16.4. The molecule has 4 aromatic rings. The van der Waals surface area contributed by atoms with Crippen molar-refractivity contribution in [1.29, 1.82) is 0 Å². The molecular weight excluding hydrogens is 356 g/mol. The second kappa shape index (κ2) is 7.40. The molecule has 7 heteroatoms. The third-order valence-corrected chi connectivity index (χ3v) is 6.11. The molecule has 1 fully saturated rings. The molecule has 27 heavy (non-hydrogen) atoms. The molecule has 0 aliphatic carbocycles. The number of hydrogen-bond donors (Lipinski definition) is 1. The second-order valence-electron chi connectivity index (χ2n) is 6.84. The maximum absolute atomic E-state index is 4.78. The van der Waals surface area contributed by atoms with E-state index in [9.17, 15) is 0 Å². The summed E-state index contributed by atoms with van der Waals surface area (Å²) in [5.41, 5.74) is 2.98. The molecule has 1 aliphatic heterocycles. The van der Waals surface area contributed by atoms with Gasteiger partial charge in [0.05, 0.1) is 11.9 Å². The molecule has 142 valence electrons. The monoisotopic (exact) mass is 382 g/mol. The molecule has 1 aliphatic rings. The number of hydrogen-bond acceptors (Lipinski definition) is 5. The Morgan fingerprint density at radius 1 is 1.07 bits per heavy atom. The van der Waals surface area contributed by atoms with Crippen molar-refractivity contribution >= 4 is 27.2 Å². The molecule has 0 spiro atoms. The Bertz CT molecular complexity index is 1040. The molecule has 0 radical (unpaired) electrons. The molecule has 0 aromatic carbocycles. The van der Waals surface area contributed by atoms with Gasteiger partial charge in [0.1, 0.15) is 4.83 Å². The van der Waals surface area contributed by atoms with E-state index in [0.29, 0.717) is 5.92 Å². The van der Waals surface area contributed by atoms with E-state index in [4.69, 9.17) is 5.10 Å². The minimum absolute atomic E-state index is 0.680. The Labute approximate surface area is 163 Å². The molecule has 0 amide bonds. The van der Waals surface area contributed by atoms with Crippen molar-refractivity contribution in [1.82, 2.24) is 29.7 Å². The molecule has 5 rings (SSSR count). The van der Waals surface area contributed by atoms with Gasteiger partial charge in [-0.2, -0.15) is 5.10 Å². The SMILES string of the molecule is CC.Cc1cn2nc(-n3cc4cc(C5CCNCC5)sc4n3)cc(C)c2n1. The van der Waals surface area contributed by atoms with Crippen LogP contribution in [-0.4, -0.2) is 37.5 Å². The number of aromatic nitrogens is 5. The molecule has 0 saturated carbocycles. The molecule has 0 unspecified atom stereocenters. The van der Waals surface area contributed by atoms with E-state index < -0.39 is 0 Å². The Balaban J connectivity index is 0.000000872. The van der Waals surface area contributed by atoms with Crippen LogP contribution >= 0.6 is 11.3 Å². The highest BCUT2D eigenvalue weighted by atomic mass is 32.1. The second-order valence-corrected chi connectivity index (χ2v) is 7.91. The molecule has 0 atom stereocenters. The lowest BCUT2D eigenvalue weighted by Crippen LogP contribution is -2.26. The van der Waals surface area contributed by atoms with Crippen molar-refractivity contribution in [2.45, 2.75) is 46.5 Å². The maximum Gasteiger partial charge on any atom is 0.174 e. The molecule has 1 saturated heterocycles. The minimum atomic E-state index is 0.680. The van der Waals surface area contributed by atoms with Gasteiger partial charge in [-0.15, -0.1) is 16.4 Å². The predicted molar refractivity (Wildman–Crippen MR) is 111 cm³/mol. The Kier molecular flexibility index (Phi) is 4.97. The van der Waals surface area contributed by atoms with E-state index >= 15 is 0 Å². The molecule has 4 aromatic heterocycles. The number of nitrogens with zero attached hydrogens (tertiary/aromatic N) is 5. The van der Waals surface area contributed by atoms with Gasteiger partial charge < -0.3 is 5.32 Å². The van der Waals surface area contributed by atoms with E-state index in [1.54, 1.807) is 0 Å². The van der Waals surface area contributed by atoms with E-state index in [1.807, 2.05) is 53.6 Å². The van der Waals surface area contributed by atoms with Crippen LogP contribution in [0.1, 0.15) is 48.7 Å². The van der Waals surface area contributed by atoms with Crippen molar-refractivity contribution in [3.63, 3.8) is 0 Å². The summed E-state index contributed by atoms with van der Waals surface area (Å²) in [4.78, 5) is 7.07. The zero-order valence-corrected chi connectivity index (χ0v) is 17.2. The lowest BCUT2D eigenvalue weighted by Gasteiger charge is -2.21. The highest BCUT2D eigenvalue weighted by molar-refractivity contribution is 7.18. The topological polar surface area (TPSA) is 60.0 Å². The first-order valence-corrected chi connectivity index (χ1v) is 10.5. The van der Waals surface area contributed by atoms with Gasteiger partial charge in [0.15, 0.2) is 11.5 Å². The first kappa shape index (κ1) is 18.1. The highest BCUT2D eigenvalue weighted by Gasteiger charge is 2.19. The van der Waals surface area contributed by atoms with Crippen molar-refractivity contribution in [2.24, 2.45) is 0 Å². The summed E-state index contributed by atoms with van der Waals surface area (Å²) in [6.07, 6.45) is 6.49. The smallest absolute Gasteiger partial charge is 0.174 e. The van der Waals surface area contributed by atoms with E-state index in [2.05, 4.69) is 34.6 Å². The lowest BCUT2D eigenvalue weighted by atomic mass is 9.96. The number of rotatable bonds is 2. The predicted octanol–water partition coefficient (Wildman–Crippen LogP) is 4.24. The van der Waals surface area contributed by atoms with E-state index in [0.717, 1.165) is 40.6 Å². The van der Waals surface area contributed by atoms with Gasteiger partial charge in [0.2, 0.25) is 0 Å². The Morgan fingerprint density at radius 3 is 2.59 bits per heavy atom. The summed E-state index contributed by atoms with van der Waals surface area (Å²) in [6, 6.07) is 4.36.